The summed E-state index contributed by atoms with van der Waals surface area (Å²) < 4.78 is 13.1. The lowest BCUT2D eigenvalue weighted by molar-refractivity contribution is 0.116. The van der Waals surface area contributed by atoms with Gasteiger partial charge in [-0.25, -0.2) is 4.39 Å². The highest BCUT2D eigenvalue weighted by Crippen LogP contribution is 2.24. The van der Waals surface area contributed by atoms with Crippen molar-refractivity contribution in [3.63, 3.8) is 0 Å². The highest BCUT2D eigenvalue weighted by Gasteiger charge is 2.23. The van der Waals surface area contributed by atoms with E-state index in [-0.39, 0.29) is 18.0 Å². The Bertz CT molecular complexity index is 367. The summed E-state index contributed by atoms with van der Waals surface area (Å²) in [6.07, 6.45) is 3.70. The van der Waals surface area contributed by atoms with Crippen molar-refractivity contribution in [3.8, 4) is 0 Å². The van der Waals surface area contributed by atoms with E-state index in [1.165, 1.54) is 12.1 Å². The van der Waals surface area contributed by atoms with E-state index in [0.717, 1.165) is 36.9 Å². The van der Waals surface area contributed by atoms with E-state index in [4.69, 9.17) is 0 Å². The van der Waals surface area contributed by atoms with E-state index in [2.05, 4.69) is 5.32 Å². The molecule has 2 N–H and O–H groups in total. The summed E-state index contributed by atoms with van der Waals surface area (Å²) in [6.45, 7) is 1.94. The first-order valence-electron chi connectivity index (χ1n) is 5.87. The van der Waals surface area contributed by atoms with Crippen LogP contribution in [0.2, 0.25) is 0 Å². The summed E-state index contributed by atoms with van der Waals surface area (Å²) in [4.78, 5) is 0. The molecular weight excluding hydrogens is 205 g/mol. The lowest BCUT2D eigenvalue weighted by atomic mass is 9.92. The first-order valence-corrected chi connectivity index (χ1v) is 5.87. The van der Waals surface area contributed by atoms with E-state index < -0.39 is 0 Å². The number of halogens is 1. The number of nitrogens with one attached hydrogen (secondary N) is 1. The minimum atomic E-state index is -0.309. The zero-order valence-electron chi connectivity index (χ0n) is 9.54. The van der Waals surface area contributed by atoms with Crippen molar-refractivity contribution < 1.29 is 9.50 Å². The predicted octanol–water partition coefficient (Wildman–Crippen LogP) is 2.85. The van der Waals surface area contributed by atoms with Gasteiger partial charge in [0.05, 0.1) is 12.1 Å². The van der Waals surface area contributed by atoms with Crippen LogP contribution in [-0.2, 0) is 0 Å². The van der Waals surface area contributed by atoms with Crippen LogP contribution in [-0.4, -0.2) is 17.3 Å². The van der Waals surface area contributed by atoms with Gasteiger partial charge in [0, 0.05) is 5.69 Å². The molecule has 88 valence electrons. The van der Waals surface area contributed by atoms with E-state index in [9.17, 15) is 9.50 Å². The third kappa shape index (κ3) is 2.53. The lowest BCUT2D eigenvalue weighted by Gasteiger charge is -2.29. The summed E-state index contributed by atoms with van der Waals surface area (Å²) in [5.74, 6) is -0.238. The van der Waals surface area contributed by atoms with Gasteiger partial charge >= 0.3 is 0 Å². The Labute approximate surface area is 95.5 Å². The first kappa shape index (κ1) is 11.4. The summed E-state index contributed by atoms with van der Waals surface area (Å²) in [7, 11) is 0. The maximum atomic E-state index is 13.1. The van der Waals surface area contributed by atoms with Gasteiger partial charge in [0.15, 0.2) is 0 Å². The van der Waals surface area contributed by atoms with Crippen molar-refractivity contribution in [2.45, 2.75) is 44.8 Å². The summed E-state index contributed by atoms with van der Waals surface area (Å²) >= 11 is 0. The number of rotatable bonds is 2. The number of aryl methyl sites for hydroxylation is 1. The molecule has 1 aromatic carbocycles. The van der Waals surface area contributed by atoms with Crippen LogP contribution in [0, 0.1) is 12.7 Å². The van der Waals surface area contributed by atoms with Gasteiger partial charge in [-0.1, -0.05) is 18.9 Å². The van der Waals surface area contributed by atoms with Gasteiger partial charge in [0.1, 0.15) is 5.82 Å². The molecule has 2 unspecified atom stereocenters. The maximum absolute atomic E-state index is 13.1. The molecule has 16 heavy (non-hydrogen) atoms. The molecule has 0 saturated heterocycles. The Morgan fingerprint density at radius 3 is 2.81 bits per heavy atom. The number of hydrogen-bond donors (Lipinski definition) is 2. The van der Waals surface area contributed by atoms with Gasteiger partial charge < -0.3 is 10.4 Å². The molecule has 1 saturated carbocycles. The average Bonchev–Trinajstić information content (AvgIpc) is 2.27. The van der Waals surface area contributed by atoms with Crippen LogP contribution < -0.4 is 5.32 Å². The molecule has 0 heterocycles. The van der Waals surface area contributed by atoms with Crippen LogP contribution in [0.4, 0.5) is 10.1 Å². The summed E-state index contributed by atoms with van der Waals surface area (Å²) in [6, 6.07) is 4.77. The molecule has 1 fully saturated rings. The summed E-state index contributed by atoms with van der Waals surface area (Å²) in [5.41, 5.74) is 1.81. The lowest BCUT2D eigenvalue weighted by Crippen LogP contribution is -2.36. The molecule has 2 rings (SSSR count). The number of aliphatic hydroxyl groups is 1. The third-order valence-corrected chi connectivity index (χ3v) is 3.27. The third-order valence-electron chi connectivity index (χ3n) is 3.27. The van der Waals surface area contributed by atoms with Gasteiger partial charge in [0.25, 0.3) is 0 Å². The Kier molecular flexibility index (Phi) is 3.44. The number of aliphatic hydroxyl groups excluding tert-OH is 1. The van der Waals surface area contributed by atoms with E-state index in [0.29, 0.717) is 0 Å². The molecule has 0 aromatic heterocycles. The van der Waals surface area contributed by atoms with Crippen molar-refractivity contribution in [1.29, 1.82) is 0 Å². The van der Waals surface area contributed by atoms with Crippen molar-refractivity contribution in [2.75, 3.05) is 5.32 Å². The van der Waals surface area contributed by atoms with Gasteiger partial charge in [0.2, 0.25) is 0 Å². The number of benzene rings is 1. The fourth-order valence-corrected chi connectivity index (χ4v) is 2.23. The first-order chi connectivity index (χ1) is 7.66. The smallest absolute Gasteiger partial charge is 0.125 e. The van der Waals surface area contributed by atoms with E-state index in [1.54, 1.807) is 6.07 Å². The second kappa shape index (κ2) is 4.83. The molecule has 0 aliphatic heterocycles. The molecule has 2 atom stereocenters. The van der Waals surface area contributed by atoms with Crippen molar-refractivity contribution in [3.05, 3.63) is 29.6 Å². The predicted molar refractivity (Wildman–Crippen MR) is 63.0 cm³/mol. The van der Waals surface area contributed by atoms with Crippen LogP contribution in [0.3, 0.4) is 0 Å². The van der Waals surface area contributed by atoms with Gasteiger partial charge in [-0.05, 0) is 37.5 Å². The van der Waals surface area contributed by atoms with E-state index in [1.807, 2.05) is 6.92 Å². The van der Waals surface area contributed by atoms with Crippen molar-refractivity contribution in [1.82, 2.24) is 0 Å². The normalized spacial score (nSPS) is 25.4. The molecule has 0 amide bonds. The minimum Gasteiger partial charge on any atom is -0.391 e. The molecule has 3 heteroatoms. The van der Waals surface area contributed by atoms with Crippen LogP contribution in [0.5, 0.6) is 0 Å². The topological polar surface area (TPSA) is 32.3 Å². The fourth-order valence-electron chi connectivity index (χ4n) is 2.23. The van der Waals surface area contributed by atoms with Gasteiger partial charge in [-0.15, -0.1) is 0 Å². The monoisotopic (exact) mass is 223 g/mol. The second-order valence-corrected chi connectivity index (χ2v) is 4.56. The van der Waals surface area contributed by atoms with Crippen LogP contribution in [0.1, 0.15) is 31.2 Å². The van der Waals surface area contributed by atoms with E-state index >= 15 is 0 Å². The highest BCUT2D eigenvalue weighted by molar-refractivity contribution is 5.51. The van der Waals surface area contributed by atoms with Crippen LogP contribution in [0.15, 0.2) is 18.2 Å². The molecule has 1 aliphatic carbocycles. The Morgan fingerprint density at radius 1 is 1.31 bits per heavy atom. The zero-order chi connectivity index (χ0) is 11.5. The molecule has 0 radical (unpaired) electrons. The fraction of sp³-hybridized carbons (Fsp3) is 0.538. The second-order valence-electron chi connectivity index (χ2n) is 4.56. The largest absolute Gasteiger partial charge is 0.391 e. The Morgan fingerprint density at radius 2 is 2.06 bits per heavy atom. The quantitative estimate of drug-likeness (QED) is 0.808. The van der Waals surface area contributed by atoms with Crippen LogP contribution in [0.25, 0.3) is 0 Å². The zero-order valence-corrected chi connectivity index (χ0v) is 9.54. The van der Waals surface area contributed by atoms with Gasteiger partial charge in [-0.2, -0.15) is 0 Å². The Hall–Kier alpha value is -1.09. The summed E-state index contributed by atoms with van der Waals surface area (Å²) in [5, 5.41) is 13.1. The maximum Gasteiger partial charge on any atom is 0.125 e. The Balaban J connectivity index is 2.10. The van der Waals surface area contributed by atoms with Crippen LogP contribution >= 0.6 is 0 Å². The van der Waals surface area contributed by atoms with Crippen molar-refractivity contribution >= 4 is 5.69 Å². The molecule has 1 aliphatic rings. The molecule has 0 bridgehead atoms. The SMILES string of the molecule is Cc1ccc(F)cc1NC1CCCCC1O. The minimum absolute atomic E-state index is 0.0641. The average molecular weight is 223 g/mol. The van der Waals surface area contributed by atoms with Crippen molar-refractivity contribution in [2.24, 2.45) is 0 Å². The van der Waals surface area contributed by atoms with Gasteiger partial charge in [-0.3, -0.25) is 0 Å². The highest BCUT2D eigenvalue weighted by atomic mass is 19.1. The molecule has 2 nitrogen and oxygen atoms in total. The molecule has 1 aromatic rings. The molecular formula is C13H18FNO. The number of hydrogen-bond acceptors (Lipinski definition) is 2. The standard InChI is InChI=1S/C13H18FNO/c1-9-6-7-10(14)8-12(9)15-11-4-2-3-5-13(11)16/h6-8,11,13,15-16H,2-5H2,1H3. The number of anilines is 1. The molecule has 0 spiro atoms.